The van der Waals surface area contributed by atoms with Gasteiger partial charge in [0.1, 0.15) is 0 Å². The number of Topliss-reactive ketones (excluding diaryl/α,β-unsaturated/α-hetero) is 1. The predicted octanol–water partition coefficient (Wildman–Crippen LogP) is 3.60. The van der Waals surface area contributed by atoms with Crippen molar-refractivity contribution in [1.29, 1.82) is 0 Å². The number of hydrogen-bond acceptors (Lipinski definition) is 2. The van der Waals surface area contributed by atoms with Gasteiger partial charge in [-0.05, 0) is 30.7 Å². The molecule has 0 unspecified atom stereocenters. The van der Waals surface area contributed by atoms with Crippen LogP contribution in [0.25, 0.3) is 11.1 Å². The molecule has 0 fully saturated rings. The molecule has 0 saturated carbocycles. The number of rotatable bonds is 2. The first-order valence-electron chi connectivity index (χ1n) is 4.89. The van der Waals surface area contributed by atoms with Crippen LogP contribution < -0.4 is 0 Å². The maximum atomic E-state index is 11.2. The summed E-state index contributed by atoms with van der Waals surface area (Å²) >= 11 is 5.81. The van der Waals surface area contributed by atoms with Crippen LogP contribution in [-0.4, -0.2) is 10.8 Å². The first kappa shape index (κ1) is 10.8. The standard InChI is InChI=1S/C13H10ClNO/c1-9(16)11-6-12(8-15-7-11)10-2-4-13(14)5-3-10/h2-8H,1H3. The molecule has 80 valence electrons. The molecule has 2 rings (SSSR count). The average molecular weight is 232 g/mol. The van der Waals surface area contributed by atoms with Gasteiger partial charge in [-0.2, -0.15) is 0 Å². The summed E-state index contributed by atoms with van der Waals surface area (Å²) < 4.78 is 0. The normalized spacial score (nSPS) is 10.1. The molecule has 2 aromatic rings. The predicted molar refractivity (Wildman–Crippen MR) is 64.7 cm³/mol. The summed E-state index contributed by atoms with van der Waals surface area (Å²) in [6.45, 7) is 1.53. The topological polar surface area (TPSA) is 30.0 Å². The SMILES string of the molecule is CC(=O)c1cncc(-c2ccc(Cl)cc2)c1. The molecule has 0 bridgehead atoms. The second kappa shape index (κ2) is 4.45. The molecule has 3 heteroatoms. The van der Waals surface area contributed by atoms with Crippen molar-refractivity contribution < 1.29 is 4.79 Å². The highest BCUT2D eigenvalue weighted by Crippen LogP contribution is 2.21. The van der Waals surface area contributed by atoms with Crippen molar-refractivity contribution in [3.8, 4) is 11.1 Å². The van der Waals surface area contributed by atoms with Crippen molar-refractivity contribution in [2.24, 2.45) is 0 Å². The van der Waals surface area contributed by atoms with Gasteiger partial charge in [-0.25, -0.2) is 0 Å². The van der Waals surface area contributed by atoms with Gasteiger partial charge in [0, 0.05) is 28.5 Å². The molecule has 0 radical (unpaired) electrons. The number of carbonyl (C=O) groups is 1. The van der Waals surface area contributed by atoms with Crippen LogP contribution in [0.4, 0.5) is 0 Å². The molecule has 2 nitrogen and oxygen atoms in total. The van der Waals surface area contributed by atoms with Crippen LogP contribution in [0.1, 0.15) is 17.3 Å². The molecule has 1 heterocycles. The molecule has 16 heavy (non-hydrogen) atoms. The quantitative estimate of drug-likeness (QED) is 0.739. The molecule has 0 amide bonds. The van der Waals surface area contributed by atoms with Crippen molar-refractivity contribution in [3.63, 3.8) is 0 Å². The first-order chi connectivity index (χ1) is 7.66. The van der Waals surface area contributed by atoms with E-state index in [1.165, 1.54) is 6.92 Å². The fraction of sp³-hybridized carbons (Fsp3) is 0.0769. The molecule has 0 aliphatic rings. The van der Waals surface area contributed by atoms with Crippen LogP contribution in [0.3, 0.4) is 0 Å². The van der Waals surface area contributed by atoms with E-state index in [0.717, 1.165) is 11.1 Å². The van der Waals surface area contributed by atoms with E-state index in [0.29, 0.717) is 10.6 Å². The van der Waals surface area contributed by atoms with Gasteiger partial charge in [0.15, 0.2) is 5.78 Å². The van der Waals surface area contributed by atoms with Gasteiger partial charge in [-0.3, -0.25) is 9.78 Å². The lowest BCUT2D eigenvalue weighted by molar-refractivity contribution is 0.101. The molecular formula is C13H10ClNO. The summed E-state index contributed by atoms with van der Waals surface area (Å²) in [7, 11) is 0. The minimum atomic E-state index is 0.0170. The highest BCUT2D eigenvalue weighted by molar-refractivity contribution is 6.30. The van der Waals surface area contributed by atoms with Gasteiger partial charge >= 0.3 is 0 Å². The Balaban J connectivity index is 2.44. The minimum Gasteiger partial charge on any atom is -0.294 e. The van der Waals surface area contributed by atoms with Gasteiger partial charge in [0.25, 0.3) is 0 Å². The number of hydrogen-bond donors (Lipinski definition) is 0. The number of ketones is 1. The molecule has 0 saturated heterocycles. The smallest absolute Gasteiger partial charge is 0.161 e. The Labute approximate surface area is 98.9 Å². The number of halogens is 1. The lowest BCUT2D eigenvalue weighted by atomic mass is 10.1. The fourth-order valence-corrected chi connectivity index (χ4v) is 1.56. The summed E-state index contributed by atoms with van der Waals surface area (Å²) in [6.07, 6.45) is 3.30. The van der Waals surface area contributed by atoms with E-state index < -0.39 is 0 Å². The van der Waals surface area contributed by atoms with Crippen molar-refractivity contribution >= 4 is 17.4 Å². The van der Waals surface area contributed by atoms with E-state index in [1.807, 2.05) is 30.3 Å². The number of carbonyl (C=O) groups excluding carboxylic acids is 1. The Hall–Kier alpha value is -1.67. The van der Waals surface area contributed by atoms with E-state index in [2.05, 4.69) is 4.98 Å². The number of pyridine rings is 1. The molecule has 1 aromatic carbocycles. The number of aromatic nitrogens is 1. The van der Waals surface area contributed by atoms with Crippen LogP contribution in [0.15, 0.2) is 42.7 Å². The van der Waals surface area contributed by atoms with E-state index in [-0.39, 0.29) is 5.78 Å². The minimum absolute atomic E-state index is 0.0170. The number of benzene rings is 1. The van der Waals surface area contributed by atoms with Crippen molar-refractivity contribution in [2.45, 2.75) is 6.92 Å². The lowest BCUT2D eigenvalue weighted by Gasteiger charge is -2.02. The van der Waals surface area contributed by atoms with Gasteiger partial charge in [0.05, 0.1) is 0 Å². The Bertz CT molecular complexity index is 520. The third-order valence-corrected chi connectivity index (χ3v) is 2.57. The molecule has 1 aromatic heterocycles. The zero-order valence-electron chi connectivity index (χ0n) is 8.77. The molecule has 0 aliphatic heterocycles. The van der Waals surface area contributed by atoms with Crippen LogP contribution in [0, 0.1) is 0 Å². The van der Waals surface area contributed by atoms with E-state index >= 15 is 0 Å². The van der Waals surface area contributed by atoms with E-state index in [1.54, 1.807) is 12.4 Å². The van der Waals surface area contributed by atoms with Gasteiger partial charge in [0.2, 0.25) is 0 Å². The van der Waals surface area contributed by atoms with Crippen LogP contribution in [0.2, 0.25) is 5.02 Å². The third kappa shape index (κ3) is 2.28. The first-order valence-corrected chi connectivity index (χ1v) is 5.26. The highest BCUT2D eigenvalue weighted by atomic mass is 35.5. The summed E-state index contributed by atoms with van der Waals surface area (Å²) in [4.78, 5) is 15.3. The molecule has 0 spiro atoms. The monoisotopic (exact) mass is 231 g/mol. The Morgan fingerprint density at radius 2 is 1.81 bits per heavy atom. The summed E-state index contributed by atoms with van der Waals surface area (Å²) in [5.41, 5.74) is 2.54. The second-order valence-corrected chi connectivity index (χ2v) is 3.96. The summed E-state index contributed by atoms with van der Waals surface area (Å²) in [5, 5.41) is 0.694. The zero-order valence-corrected chi connectivity index (χ0v) is 9.53. The zero-order chi connectivity index (χ0) is 11.5. The van der Waals surface area contributed by atoms with Crippen molar-refractivity contribution in [2.75, 3.05) is 0 Å². The molecule has 0 atom stereocenters. The Morgan fingerprint density at radius 3 is 2.44 bits per heavy atom. The third-order valence-electron chi connectivity index (χ3n) is 2.32. The van der Waals surface area contributed by atoms with Gasteiger partial charge in [-0.1, -0.05) is 23.7 Å². The second-order valence-electron chi connectivity index (χ2n) is 3.53. The van der Waals surface area contributed by atoms with Crippen LogP contribution >= 0.6 is 11.6 Å². The van der Waals surface area contributed by atoms with E-state index in [4.69, 9.17) is 11.6 Å². The summed E-state index contributed by atoms with van der Waals surface area (Å²) in [5.74, 6) is 0.0170. The average Bonchev–Trinajstić information content (AvgIpc) is 2.30. The lowest BCUT2D eigenvalue weighted by Crippen LogP contribution is -1.93. The molecular weight excluding hydrogens is 222 g/mol. The molecule has 0 N–H and O–H groups in total. The fourth-order valence-electron chi connectivity index (χ4n) is 1.43. The maximum Gasteiger partial charge on any atom is 0.161 e. The highest BCUT2D eigenvalue weighted by Gasteiger charge is 2.03. The summed E-state index contributed by atoms with van der Waals surface area (Å²) in [6, 6.07) is 9.28. The van der Waals surface area contributed by atoms with Crippen LogP contribution in [-0.2, 0) is 0 Å². The Morgan fingerprint density at radius 1 is 1.12 bits per heavy atom. The van der Waals surface area contributed by atoms with Crippen molar-refractivity contribution in [3.05, 3.63) is 53.3 Å². The Kier molecular flexibility index (Phi) is 3.02. The van der Waals surface area contributed by atoms with Crippen LogP contribution in [0.5, 0.6) is 0 Å². The largest absolute Gasteiger partial charge is 0.294 e. The van der Waals surface area contributed by atoms with Gasteiger partial charge in [-0.15, -0.1) is 0 Å². The number of nitrogens with zero attached hydrogens (tertiary/aromatic N) is 1. The maximum absolute atomic E-state index is 11.2. The molecule has 0 aliphatic carbocycles. The van der Waals surface area contributed by atoms with Crippen molar-refractivity contribution in [1.82, 2.24) is 4.98 Å². The van der Waals surface area contributed by atoms with Gasteiger partial charge < -0.3 is 0 Å². The van der Waals surface area contributed by atoms with E-state index in [9.17, 15) is 4.79 Å².